The molecule has 1 amide bonds. The second-order valence-electron chi connectivity index (χ2n) is 8.33. The number of hydrogen-bond donors (Lipinski definition) is 1. The number of aromatic nitrogens is 2. The van der Waals surface area contributed by atoms with Gasteiger partial charge in [0.2, 0.25) is 10.0 Å². The van der Waals surface area contributed by atoms with Gasteiger partial charge in [0.25, 0.3) is 5.91 Å². The predicted octanol–water partition coefficient (Wildman–Crippen LogP) is 1.98. The van der Waals surface area contributed by atoms with Crippen molar-refractivity contribution >= 4 is 32.7 Å². The van der Waals surface area contributed by atoms with Gasteiger partial charge in [-0.2, -0.15) is 4.31 Å². The normalized spacial score (nSPS) is 15.6. The summed E-state index contributed by atoms with van der Waals surface area (Å²) in [6, 6.07) is 13.2. The number of benzene rings is 2. The number of piperazine rings is 1. The fourth-order valence-corrected chi connectivity index (χ4v) is 4.77. The lowest BCUT2D eigenvalue weighted by molar-refractivity contribution is -0.118. The van der Waals surface area contributed by atoms with E-state index in [1.54, 1.807) is 0 Å². The highest BCUT2D eigenvalue weighted by molar-refractivity contribution is 7.88. The van der Waals surface area contributed by atoms with E-state index in [-0.39, 0.29) is 12.5 Å². The van der Waals surface area contributed by atoms with Gasteiger partial charge in [0.15, 0.2) is 6.61 Å². The number of hydrogen-bond acceptors (Lipinski definition) is 6. The molecule has 0 aliphatic carbocycles. The van der Waals surface area contributed by atoms with Crippen LogP contribution in [0.5, 0.6) is 5.75 Å². The number of amides is 1. The summed E-state index contributed by atoms with van der Waals surface area (Å²) in [7, 11) is -1.18. The zero-order valence-corrected chi connectivity index (χ0v) is 19.9. The summed E-state index contributed by atoms with van der Waals surface area (Å²) in [6.45, 7) is 4.81. The molecule has 1 aliphatic heterocycles. The van der Waals surface area contributed by atoms with Crippen LogP contribution in [0.25, 0.3) is 11.0 Å². The molecule has 2 heterocycles. The number of para-hydroxylation sites is 1. The van der Waals surface area contributed by atoms with Gasteiger partial charge in [0, 0.05) is 38.9 Å². The Bertz CT molecular complexity index is 1260. The fourth-order valence-electron chi connectivity index (χ4n) is 3.95. The summed E-state index contributed by atoms with van der Waals surface area (Å²) in [6.07, 6.45) is 1.25. The summed E-state index contributed by atoms with van der Waals surface area (Å²) < 4.78 is 32.6. The molecule has 1 aliphatic rings. The van der Waals surface area contributed by atoms with E-state index in [0.717, 1.165) is 22.4 Å². The van der Waals surface area contributed by atoms with Crippen molar-refractivity contribution in [3.05, 3.63) is 53.9 Å². The van der Waals surface area contributed by atoms with Crippen molar-refractivity contribution in [1.29, 1.82) is 0 Å². The van der Waals surface area contributed by atoms with Crippen LogP contribution in [0.2, 0.25) is 0 Å². The first kappa shape index (κ1) is 23.2. The first-order chi connectivity index (χ1) is 15.7. The van der Waals surface area contributed by atoms with E-state index in [1.165, 1.54) is 10.6 Å². The Balaban J connectivity index is 1.38. The number of aryl methyl sites for hydroxylation is 2. The molecule has 1 aromatic heterocycles. The maximum atomic E-state index is 12.3. The number of sulfonamides is 1. The highest BCUT2D eigenvalue weighted by atomic mass is 32.2. The lowest BCUT2D eigenvalue weighted by Gasteiger charge is -2.32. The standard InChI is InChI=1S/C23H29N5O4S/c1-17-6-4-5-7-21(17)32-16-23(29)24-18-8-9-20-19(14-18)25-22(26(20)2)15-27-10-12-28(13-11-27)33(3,30)31/h4-9,14H,10-13,15-16H2,1-3H3,(H,24,29). The first-order valence-electron chi connectivity index (χ1n) is 10.8. The van der Waals surface area contributed by atoms with E-state index >= 15 is 0 Å². The molecule has 3 aromatic rings. The largest absolute Gasteiger partial charge is 0.483 e. The zero-order valence-electron chi connectivity index (χ0n) is 19.1. The van der Waals surface area contributed by atoms with E-state index in [2.05, 4.69) is 10.2 Å². The SMILES string of the molecule is Cc1ccccc1OCC(=O)Nc1ccc2c(c1)nc(CN1CCN(S(C)(=O)=O)CC1)n2C. The number of fused-ring (bicyclic) bond motifs is 1. The minimum atomic E-state index is -3.15. The smallest absolute Gasteiger partial charge is 0.262 e. The zero-order chi connectivity index (χ0) is 23.6. The third-order valence-corrected chi connectivity index (χ3v) is 7.18. The molecular formula is C23H29N5O4S. The molecule has 0 bridgehead atoms. The number of rotatable bonds is 7. The third kappa shape index (κ3) is 5.52. The summed E-state index contributed by atoms with van der Waals surface area (Å²) in [5.41, 5.74) is 3.39. The number of carbonyl (C=O) groups excluding carboxylic acids is 1. The number of carbonyl (C=O) groups is 1. The van der Waals surface area contributed by atoms with E-state index in [1.807, 2.05) is 61.0 Å². The Hall–Kier alpha value is -2.95. The molecule has 2 aromatic carbocycles. The van der Waals surface area contributed by atoms with Crippen LogP contribution in [-0.4, -0.2) is 72.1 Å². The minimum absolute atomic E-state index is 0.0736. The van der Waals surface area contributed by atoms with Crippen molar-refractivity contribution in [3.8, 4) is 5.75 Å². The molecule has 0 atom stereocenters. The molecule has 1 saturated heterocycles. The Morgan fingerprint density at radius 1 is 1.12 bits per heavy atom. The monoisotopic (exact) mass is 471 g/mol. The van der Waals surface area contributed by atoms with Crippen molar-refractivity contribution in [1.82, 2.24) is 18.8 Å². The van der Waals surface area contributed by atoms with Crippen LogP contribution in [0.1, 0.15) is 11.4 Å². The summed E-state index contributed by atoms with van der Waals surface area (Å²) in [5, 5.41) is 2.87. The van der Waals surface area contributed by atoms with Crippen molar-refractivity contribution in [3.63, 3.8) is 0 Å². The molecule has 0 saturated carbocycles. The lowest BCUT2D eigenvalue weighted by Crippen LogP contribution is -2.48. The van der Waals surface area contributed by atoms with Crippen LogP contribution < -0.4 is 10.1 Å². The number of anilines is 1. The van der Waals surface area contributed by atoms with E-state index in [4.69, 9.17) is 9.72 Å². The third-order valence-electron chi connectivity index (χ3n) is 5.87. The number of imidazole rings is 1. The predicted molar refractivity (Wildman–Crippen MR) is 128 cm³/mol. The van der Waals surface area contributed by atoms with Crippen LogP contribution in [0.3, 0.4) is 0 Å². The van der Waals surface area contributed by atoms with E-state index < -0.39 is 10.0 Å². The minimum Gasteiger partial charge on any atom is -0.483 e. The van der Waals surface area contributed by atoms with Gasteiger partial charge < -0.3 is 14.6 Å². The van der Waals surface area contributed by atoms with Gasteiger partial charge in [-0.25, -0.2) is 13.4 Å². The molecule has 0 radical (unpaired) electrons. The molecule has 1 N–H and O–H groups in total. The number of nitrogens with zero attached hydrogens (tertiary/aromatic N) is 4. The molecule has 9 nitrogen and oxygen atoms in total. The van der Waals surface area contributed by atoms with Crippen molar-refractivity contribution in [2.45, 2.75) is 13.5 Å². The molecule has 0 unspecified atom stereocenters. The van der Waals surface area contributed by atoms with Gasteiger partial charge in [-0.1, -0.05) is 18.2 Å². The average molecular weight is 472 g/mol. The van der Waals surface area contributed by atoms with E-state index in [9.17, 15) is 13.2 Å². The summed E-state index contributed by atoms with van der Waals surface area (Å²) in [5.74, 6) is 1.34. The maximum Gasteiger partial charge on any atom is 0.262 e. The molecule has 10 heteroatoms. The van der Waals surface area contributed by atoms with Crippen LogP contribution >= 0.6 is 0 Å². The first-order valence-corrected chi connectivity index (χ1v) is 12.7. The van der Waals surface area contributed by atoms with Crippen LogP contribution in [-0.2, 0) is 28.4 Å². The highest BCUT2D eigenvalue weighted by Gasteiger charge is 2.24. The molecule has 1 fully saturated rings. The maximum absolute atomic E-state index is 12.3. The van der Waals surface area contributed by atoms with Gasteiger partial charge in [-0.15, -0.1) is 0 Å². The summed E-state index contributed by atoms with van der Waals surface area (Å²) >= 11 is 0. The number of nitrogens with one attached hydrogen (secondary N) is 1. The van der Waals surface area contributed by atoms with Gasteiger partial charge >= 0.3 is 0 Å². The van der Waals surface area contributed by atoms with Gasteiger partial charge in [0.1, 0.15) is 11.6 Å². The molecule has 0 spiro atoms. The van der Waals surface area contributed by atoms with Gasteiger partial charge in [-0.05, 0) is 36.8 Å². The van der Waals surface area contributed by atoms with Gasteiger partial charge in [-0.3, -0.25) is 9.69 Å². The second kappa shape index (κ2) is 9.50. The van der Waals surface area contributed by atoms with Crippen molar-refractivity contribution < 1.29 is 17.9 Å². The molecular weight excluding hydrogens is 442 g/mol. The highest BCUT2D eigenvalue weighted by Crippen LogP contribution is 2.21. The second-order valence-corrected chi connectivity index (χ2v) is 10.3. The van der Waals surface area contributed by atoms with Crippen LogP contribution in [0.15, 0.2) is 42.5 Å². The summed E-state index contributed by atoms with van der Waals surface area (Å²) in [4.78, 5) is 19.3. The number of ether oxygens (including phenoxy) is 1. The van der Waals surface area contributed by atoms with Crippen LogP contribution in [0.4, 0.5) is 5.69 Å². The fraction of sp³-hybridized carbons (Fsp3) is 0.391. The lowest BCUT2D eigenvalue weighted by atomic mass is 10.2. The van der Waals surface area contributed by atoms with Crippen LogP contribution in [0, 0.1) is 6.92 Å². The Morgan fingerprint density at radius 2 is 1.85 bits per heavy atom. The van der Waals surface area contributed by atoms with Crippen molar-refractivity contribution in [2.75, 3.05) is 44.4 Å². The van der Waals surface area contributed by atoms with Crippen molar-refractivity contribution in [2.24, 2.45) is 7.05 Å². The van der Waals surface area contributed by atoms with Gasteiger partial charge in [0.05, 0.1) is 23.8 Å². The average Bonchev–Trinajstić information content (AvgIpc) is 3.07. The molecule has 4 rings (SSSR count). The quantitative estimate of drug-likeness (QED) is 0.566. The topological polar surface area (TPSA) is 96.8 Å². The Labute approximate surface area is 194 Å². The Morgan fingerprint density at radius 3 is 2.55 bits per heavy atom. The molecule has 176 valence electrons. The molecule has 33 heavy (non-hydrogen) atoms. The van der Waals surface area contributed by atoms with E-state index in [0.29, 0.717) is 44.2 Å². The Kier molecular flexibility index (Phi) is 6.68.